The smallest absolute Gasteiger partial charge is 0.166 e. The summed E-state index contributed by atoms with van der Waals surface area (Å²) in [5.74, 6) is 2.12. The van der Waals surface area contributed by atoms with Crippen molar-refractivity contribution in [3.63, 3.8) is 0 Å². The third-order valence-corrected chi connectivity index (χ3v) is 4.31. The molecule has 0 bridgehead atoms. The van der Waals surface area contributed by atoms with Crippen molar-refractivity contribution in [2.24, 2.45) is 0 Å². The molecule has 22 heavy (non-hydrogen) atoms. The largest absolute Gasteiger partial charge is 0.493 e. The molecule has 0 saturated heterocycles. The van der Waals surface area contributed by atoms with E-state index < -0.39 is 0 Å². The lowest BCUT2D eigenvalue weighted by atomic mass is 10.2. The number of methoxy groups -OCH3 is 2. The van der Waals surface area contributed by atoms with Gasteiger partial charge in [0.25, 0.3) is 0 Å². The number of H-pyrrole nitrogens is 1. The van der Waals surface area contributed by atoms with Gasteiger partial charge in [-0.25, -0.2) is 4.98 Å². The van der Waals surface area contributed by atoms with Crippen LogP contribution < -0.4 is 15.2 Å². The monoisotopic (exact) mass is 315 g/mol. The summed E-state index contributed by atoms with van der Waals surface area (Å²) in [5, 5.41) is 0.841. The maximum Gasteiger partial charge on any atom is 0.166 e. The first kappa shape index (κ1) is 14.6. The molecule has 0 aliphatic rings. The predicted octanol–water partition coefficient (Wildman–Crippen LogP) is 3.45. The minimum atomic E-state index is 0.672. The topological polar surface area (TPSA) is 73.2 Å². The van der Waals surface area contributed by atoms with E-state index in [0.717, 1.165) is 33.2 Å². The maximum absolute atomic E-state index is 5.96. The number of nitrogens with one attached hydrogen (secondary N) is 1. The number of aromatic amines is 1. The van der Waals surface area contributed by atoms with Crippen molar-refractivity contribution in [2.45, 2.75) is 10.9 Å². The Morgan fingerprint density at radius 2 is 1.86 bits per heavy atom. The number of hydrogen-bond donors (Lipinski definition) is 2. The van der Waals surface area contributed by atoms with Gasteiger partial charge >= 0.3 is 0 Å². The number of imidazole rings is 1. The van der Waals surface area contributed by atoms with E-state index in [2.05, 4.69) is 9.97 Å². The molecule has 0 atom stereocenters. The minimum Gasteiger partial charge on any atom is -0.493 e. The SMILES string of the molecule is COc1cc2nc(SCc3ccccc3N)[nH]c2cc1OC. The Bertz CT molecular complexity index is 760. The van der Waals surface area contributed by atoms with Crippen molar-refractivity contribution >= 4 is 28.5 Å². The van der Waals surface area contributed by atoms with Crippen LogP contribution in [0.2, 0.25) is 0 Å². The summed E-state index contributed by atoms with van der Waals surface area (Å²) >= 11 is 1.61. The van der Waals surface area contributed by atoms with E-state index >= 15 is 0 Å². The molecule has 0 spiro atoms. The Balaban J connectivity index is 1.84. The van der Waals surface area contributed by atoms with E-state index in [1.807, 2.05) is 36.4 Å². The van der Waals surface area contributed by atoms with Crippen molar-refractivity contribution in [3.05, 3.63) is 42.0 Å². The summed E-state index contributed by atoms with van der Waals surface area (Å²) in [5.41, 5.74) is 9.63. The molecular weight excluding hydrogens is 298 g/mol. The lowest BCUT2D eigenvalue weighted by molar-refractivity contribution is 0.356. The molecule has 0 aliphatic carbocycles. The molecule has 0 unspecified atom stereocenters. The van der Waals surface area contributed by atoms with Gasteiger partial charge in [0, 0.05) is 23.6 Å². The summed E-state index contributed by atoms with van der Waals surface area (Å²) in [6.07, 6.45) is 0. The van der Waals surface area contributed by atoms with Crippen molar-refractivity contribution < 1.29 is 9.47 Å². The van der Waals surface area contributed by atoms with Gasteiger partial charge in [-0.15, -0.1) is 0 Å². The number of nitrogen functional groups attached to an aromatic ring is 1. The predicted molar refractivity (Wildman–Crippen MR) is 89.6 cm³/mol. The number of benzene rings is 2. The van der Waals surface area contributed by atoms with Crippen LogP contribution in [0.4, 0.5) is 5.69 Å². The van der Waals surface area contributed by atoms with Crippen molar-refractivity contribution in [3.8, 4) is 11.5 Å². The van der Waals surface area contributed by atoms with Crippen LogP contribution in [0.3, 0.4) is 0 Å². The number of nitrogens with two attached hydrogens (primary N) is 1. The minimum absolute atomic E-state index is 0.672. The molecule has 0 radical (unpaired) electrons. The third-order valence-electron chi connectivity index (χ3n) is 3.38. The first-order chi connectivity index (χ1) is 10.7. The highest BCUT2D eigenvalue weighted by Crippen LogP contribution is 2.33. The molecule has 3 rings (SSSR count). The van der Waals surface area contributed by atoms with Gasteiger partial charge < -0.3 is 20.2 Å². The third kappa shape index (κ3) is 2.82. The van der Waals surface area contributed by atoms with E-state index in [4.69, 9.17) is 15.2 Å². The van der Waals surface area contributed by atoms with Gasteiger partial charge in [0.15, 0.2) is 16.7 Å². The van der Waals surface area contributed by atoms with Crippen molar-refractivity contribution in [1.29, 1.82) is 0 Å². The number of thioether (sulfide) groups is 1. The first-order valence-corrected chi connectivity index (χ1v) is 7.77. The second kappa shape index (κ2) is 6.19. The quantitative estimate of drug-likeness (QED) is 0.557. The molecule has 0 saturated carbocycles. The van der Waals surface area contributed by atoms with E-state index in [1.54, 1.807) is 26.0 Å². The number of nitrogens with zero attached hydrogens (tertiary/aromatic N) is 1. The van der Waals surface area contributed by atoms with Crippen LogP contribution in [0.1, 0.15) is 5.56 Å². The Morgan fingerprint density at radius 1 is 1.14 bits per heavy atom. The van der Waals surface area contributed by atoms with Gasteiger partial charge in [0.2, 0.25) is 0 Å². The Kier molecular flexibility index (Phi) is 4.11. The molecule has 6 heteroatoms. The highest BCUT2D eigenvalue weighted by atomic mass is 32.2. The van der Waals surface area contributed by atoms with Gasteiger partial charge in [-0.1, -0.05) is 30.0 Å². The molecule has 2 aromatic carbocycles. The molecule has 0 fully saturated rings. The maximum atomic E-state index is 5.96. The summed E-state index contributed by atoms with van der Waals surface area (Å²) < 4.78 is 10.6. The molecular formula is C16H17N3O2S. The molecule has 3 N–H and O–H groups in total. The van der Waals surface area contributed by atoms with Gasteiger partial charge in [-0.3, -0.25) is 0 Å². The van der Waals surface area contributed by atoms with E-state index in [1.165, 1.54) is 0 Å². The van der Waals surface area contributed by atoms with E-state index in [0.29, 0.717) is 11.5 Å². The number of fused-ring (bicyclic) bond motifs is 1. The average molecular weight is 315 g/mol. The molecule has 0 aliphatic heterocycles. The van der Waals surface area contributed by atoms with Crippen molar-refractivity contribution in [2.75, 3.05) is 20.0 Å². The van der Waals surface area contributed by atoms with Crippen LogP contribution >= 0.6 is 11.8 Å². The zero-order valence-electron chi connectivity index (χ0n) is 12.4. The van der Waals surface area contributed by atoms with Gasteiger partial charge in [0.05, 0.1) is 25.3 Å². The van der Waals surface area contributed by atoms with Crippen LogP contribution in [0.5, 0.6) is 11.5 Å². The summed E-state index contributed by atoms with van der Waals surface area (Å²) in [6, 6.07) is 11.6. The molecule has 114 valence electrons. The fourth-order valence-corrected chi connectivity index (χ4v) is 3.09. The summed E-state index contributed by atoms with van der Waals surface area (Å²) in [4.78, 5) is 7.86. The van der Waals surface area contributed by atoms with E-state index in [-0.39, 0.29) is 0 Å². The lowest BCUT2D eigenvalue weighted by Crippen LogP contribution is -1.91. The number of anilines is 1. The van der Waals surface area contributed by atoms with Gasteiger partial charge in [-0.05, 0) is 11.6 Å². The molecule has 3 aromatic rings. The Morgan fingerprint density at radius 3 is 2.59 bits per heavy atom. The fraction of sp³-hybridized carbons (Fsp3) is 0.188. The number of ether oxygens (including phenoxy) is 2. The van der Waals surface area contributed by atoms with Crippen LogP contribution in [0.25, 0.3) is 11.0 Å². The van der Waals surface area contributed by atoms with Crippen LogP contribution in [-0.2, 0) is 5.75 Å². The fourth-order valence-electron chi connectivity index (χ4n) is 2.19. The van der Waals surface area contributed by atoms with Gasteiger partial charge in [-0.2, -0.15) is 0 Å². The zero-order valence-corrected chi connectivity index (χ0v) is 13.2. The highest BCUT2D eigenvalue weighted by molar-refractivity contribution is 7.98. The van der Waals surface area contributed by atoms with Crippen molar-refractivity contribution in [1.82, 2.24) is 9.97 Å². The summed E-state index contributed by atoms with van der Waals surface area (Å²) in [7, 11) is 3.23. The highest BCUT2D eigenvalue weighted by Gasteiger charge is 2.10. The Hall–Kier alpha value is -2.34. The summed E-state index contributed by atoms with van der Waals surface area (Å²) in [6.45, 7) is 0. The normalized spacial score (nSPS) is 10.8. The molecule has 0 amide bonds. The number of hydrogen-bond acceptors (Lipinski definition) is 5. The second-order valence-electron chi connectivity index (χ2n) is 4.75. The molecule has 1 aromatic heterocycles. The standard InChI is InChI=1S/C16H17N3O2S/c1-20-14-7-12-13(8-15(14)21-2)19-16(18-12)22-9-10-5-3-4-6-11(10)17/h3-8H,9,17H2,1-2H3,(H,18,19). The zero-order chi connectivity index (χ0) is 15.5. The first-order valence-electron chi connectivity index (χ1n) is 6.79. The van der Waals surface area contributed by atoms with Crippen LogP contribution in [-0.4, -0.2) is 24.2 Å². The van der Waals surface area contributed by atoms with Gasteiger partial charge in [0.1, 0.15) is 0 Å². The van der Waals surface area contributed by atoms with E-state index in [9.17, 15) is 0 Å². The molecule has 1 heterocycles. The van der Waals surface area contributed by atoms with Crippen LogP contribution in [0, 0.1) is 0 Å². The lowest BCUT2D eigenvalue weighted by Gasteiger charge is -2.06. The number of aromatic nitrogens is 2. The Labute approximate surface area is 132 Å². The second-order valence-corrected chi connectivity index (χ2v) is 5.72. The molecule has 5 nitrogen and oxygen atoms in total. The number of para-hydroxylation sites is 1. The average Bonchev–Trinajstić information content (AvgIpc) is 2.94. The van der Waals surface area contributed by atoms with Crippen LogP contribution in [0.15, 0.2) is 41.6 Å². The number of rotatable bonds is 5.